The summed E-state index contributed by atoms with van der Waals surface area (Å²) in [7, 11) is 0. The van der Waals surface area contributed by atoms with Gasteiger partial charge in [0.15, 0.2) is 0 Å². The molecule has 0 bridgehead atoms. The Labute approximate surface area is 155 Å². The number of thioether (sulfide) groups is 1. The Bertz CT molecular complexity index is 818. The van der Waals surface area contributed by atoms with Gasteiger partial charge in [-0.3, -0.25) is 4.79 Å². The molecular weight excluding hydrogens is 365 g/mol. The molecule has 0 unspecified atom stereocenters. The lowest BCUT2D eigenvalue weighted by Crippen LogP contribution is -2.24. The summed E-state index contributed by atoms with van der Waals surface area (Å²) < 4.78 is 0. The highest BCUT2D eigenvalue weighted by atomic mass is 35.5. The SMILES string of the molecule is Cc1nc(SCC(=O)NCc2ccccc2Cl)c(C#N)c(C)c1Cl. The number of nitrogens with one attached hydrogen (secondary N) is 1. The van der Waals surface area contributed by atoms with Gasteiger partial charge in [-0.15, -0.1) is 0 Å². The van der Waals surface area contributed by atoms with Gasteiger partial charge in [-0.05, 0) is 31.0 Å². The van der Waals surface area contributed by atoms with Crippen LogP contribution in [0.3, 0.4) is 0 Å². The lowest BCUT2D eigenvalue weighted by molar-refractivity contribution is -0.118. The summed E-state index contributed by atoms with van der Waals surface area (Å²) in [5.41, 5.74) is 2.60. The van der Waals surface area contributed by atoms with Crippen molar-refractivity contribution < 1.29 is 4.79 Å². The molecule has 0 atom stereocenters. The van der Waals surface area contributed by atoms with Crippen LogP contribution in [0, 0.1) is 25.2 Å². The third-order valence-corrected chi connectivity index (χ3v) is 5.29. The number of aromatic nitrogens is 1. The zero-order valence-electron chi connectivity index (χ0n) is 13.2. The number of benzene rings is 1. The Morgan fingerprint density at radius 2 is 2.04 bits per heavy atom. The van der Waals surface area contributed by atoms with Crippen molar-refractivity contribution in [1.82, 2.24) is 10.3 Å². The number of halogens is 2. The lowest BCUT2D eigenvalue weighted by Gasteiger charge is -2.10. The van der Waals surface area contributed by atoms with Crippen LogP contribution < -0.4 is 5.32 Å². The molecule has 0 spiro atoms. The molecule has 0 aliphatic heterocycles. The number of rotatable bonds is 5. The largest absolute Gasteiger partial charge is 0.351 e. The first kappa shape index (κ1) is 18.6. The molecule has 1 amide bonds. The second kappa shape index (κ2) is 8.39. The predicted molar refractivity (Wildman–Crippen MR) is 97.5 cm³/mol. The van der Waals surface area contributed by atoms with E-state index in [4.69, 9.17) is 23.2 Å². The number of nitriles is 1. The zero-order valence-corrected chi connectivity index (χ0v) is 15.5. The molecule has 1 heterocycles. The molecule has 0 saturated heterocycles. The summed E-state index contributed by atoms with van der Waals surface area (Å²) in [6.45, 7) is 3.91. The van der Waals surface area contributed by atoms with Crippen LogP contribution in [0.2, 0.25) is 10.0 Å². The Morgan fingerprint density at radius 1 is 1.33 bits per heavy atom. The van der Waals surface area contributed by atoms with E-state index in [1.807, 2.05) is 18.2 Å². The molecule has 0 saturated carbocycles. The van der Waals surface area contributed by atoms with Crippen LogP contribution in [0.25, 0.3) is 0 Å². The van der Waals surface area contributed by atoms with Crippen molar-refractivity contribution >= 4 is 40.9 Å². The van der Waals surface area contributed by atoms with E-state index in [2.05, 4.69) is 16.4 Å². The molecule has 0 radical (unpaired) electrons. The van der Waals surface area contributed by atoms with Crippen molar-refractivity contribution in [2.24, 2.45) is 0 Å². The average Bonchev–Trinajstić information content (AvgIpc) is 2.57. The van der Waals surface area contributed by atoms with Gasteiger partial charge in [0, 0.05) is 11.6 Å². The number of aryl methyl sites for hydroxylation is 1. The number of carbonyl (C=O) groups is 1. The lowest BCUT2D eigenvalue weighted by atomic mass is 10.1. The van der Waals surface area contributed by atoms with Crippen molar-refractivity contribution in [2.75, 3.05) is 5.75 Å². The maximum Gasteiger partial charge on any atom is 0.230 e. The normalized spacial score (nSPS) is 10.3. The van der Waals surface area contributed by atoms with E-state index in [1.54, 1.807) is 19.9 Å². The van der Waals surface area contributed by atoms with Crippen LogP contribution in [-0.2, 0) is 11.3 Å². The summed E-state index contributed by atoms with van der Waals surface area (Å²) in [6.07, 6.45) is 0. The van der Waals surface area contributed by atoms with Crippen molar-refractivity contribution in [2.45, 2.75) is 25.4 Å². The molecule has 1 N–H and O–H groups in total. The Kier molecular flexibility index (Phi) is 6.50. The van der Waals surface area contributed by atoms with Crippen LogP contribution in [0.1, 0.15) is 22.4 Å². The first-order valence-electron chi connectivity index (χ1n) is 7.13. The fourth-order valence-corrected chi connectivity index (χ4v) is 3.31. The highest BCUT2D eigenvalue weighted by molar-refractivity contribution is 8.00. The van der Waals surface area contributed by atoms with Crippen LogP contribution in [0.15, 0.2) is 29.3 Å². The van der Waals surface area contributed by atoms with Crippen molar-refractivity contribution in [1.29, 1.82) is 5.26 Å². The topological polar surface area (TPSA) is 65.8 Å². The smallest absolute Gasteiger partial charge is 0.230 e. The van der Waals surface area contributed by atoms with Crippen LogP contribution in [0.5, 0.6) is 0 Å². The van der Waals surface area contributed by atoms with Gasteiger partial charge in [0.2, 0.25) is 5.91 Å². The maximum absolute atomic E-state index is 12.0. The highest BCUT2D eigenvalue weighted by Gasteiger charge is 2.15. The Morgan fingerprint density at radius 3 is 2.71 bits per heavy atom. The number of hydrogen-bond donors (Lipinski definition) is 1. The van der Waals surface area contributed by atoms with Crippen LogP contribution >= 0.6 is 35.0 Å². The van der Waals surface area contributed by atoms with E-state index < -0.39 is 0 Å². The van der Waals surface area contributed by atoms with Gasteiger partial charge in [0.1, 0.15) is 11.1 Å². The first-order valence-corrected chi connectivity index (χ1v) is 8.88. The average molecular weight is 380 g/mol. The monoisotopic (exact) mass is 379 g/mol. The van der Waals surface area contributed by atoms with E-state index in [0.29, 0.717) is 38.4 Å². The fraction of sp³-hybridized carbons (Fsp3) is 0.235. The second-order valence-electron chi connectivity index (χ2n) is 5.08. The van der Waals surface area contributed by atoms with E-state index in [0.717, 1.165) is 5.56 Å². The quantitative estimate of drug-likeness (QED) is 0.786. The van der Waals surface area contributed by atoms with Crippen molar-refractivity contribution in [3.8, 4) is 6.07 Å². The standard InChI is InChI=1S/C17H15Cl2N3OS/c1-10-13(7-20)17(22-11(2)16(10)19)24-9-15(23)21-8-12-5-3-4-6-14(12)18/h3-6H,8-9H2,1-2H3,(H,21,23). The van der Waals surface area contributed by atoms with Crippen LogP contribution in [-0.4, -0.2) is 16.6 Å². The van der Waals surface area contributed by atoms with E-state index in [-0.39, 0.29) is 11.7 Å². The number of amides is 1. The number of pyridine rings is 1. The van der Waals surface area contributed by atoms with Crippen LogP contribution in [0.4, 0.5) is 0 Å². The molecule has 0 aliphatic carbocycles. The molecule has 24 heavy (non-hydrogen) atoms. The minimum atomic E-state index is -0.157. The molecular formula is C17H15Cl2N3OS. The van der Waals surface area contributed by atoms with E-state index in [1.165, 1.54) is 11.8 Å². The van der Waals surface area contributed by atoms with Gasteiger partial charge in [0.25, 0.3) is 0 Å². The molecule has 1 aromatic carbocycles. The molecule has 124 valence electrons. The molecule has 4 nitrogen and oxygen atoms in total. The summed E-state index contributed by atoms with van der Waals surface area (Å²) >= 11 is 13.4. The van der Waals surface area contributed by atoms with Crippen molar-refractivity contribution in [3.63, 3.8) is 0 Å². The molecule has 0 aliphatic rings. The predicted octanol–water partition coefficient (Wildman–Crippen LogP) is 4.29. The van der Waals surface area contributed by atoms with Gasteiger partial charge >= 0.3 is 0 Å². The summed E-state index contributed by atoms with van der Waals surface area (Å²) in [5, 5.41) is 13.7. The third-order valence-electron chi connectivity index (χ3n) is 3.39. The molecule has 0 fully saturated rings. The second-order valence-corrected chi connectivity index (χ2v) is 6.83. The third kappa shape index (κ3) is 4.41. The molecule has 7 heteroatoms. The number of carbonyl (C=O) groups excluding carboxylic acids is 1. The fourth-order valence-electron chi connectivity index (χ4n) is 2.06. The van der Waals surface area contributed by atoms with E-state index >= 15 is 0 Å². The van der Waals surface area contributed by atoms with Gasteiger partial charge in [-0.1, -0.05) is 53.2 Å². The van der Waals surface area contributed by atoms with Gasteiger partial charge in [0.05, 0.1) is 22.0 Å². The van der Waals surface area contributed by atoms with Crippen molar-refractivity contribution in [3.05, 3.63) is 56.7 Å². The van der Waals surface area contributed by atoms with Gasteiger partial charge in [-0.25, -0.2) is 4.98 Å². The molecule has 2 rings (SSSR count). The highest BCUT2D eigenvalue weighted by Crippen LogP contribution is 2.29. The zero-order chi connectivity index (χ0) is 17.7. The Balaban J connectivity index is 2.00. The summed E-state index contributed by atoms with van der Waals surface area (Å²) in [6, 6.07) is 9.44. The first-order chi connectivity index (χ1) is 11.4. The Hall–Kier alpha value is -1.74. The molecule has 2 aromatic rings. The minimum absolute atomic E-state index is 0.157. The summed E-state index contributed by atoms with van der Waals surface area (Å²) in [5.74, 6) is 0.00276. The number of hydrogen-bond acceptors (Lipinski definition) is 4. The van der Waals surface area contributed by atoms with Gasteiger partial charge in [-0.2, -0.15) is 5.26 Å². The summed E-state index contributed by atoms with van der Waals surface area (Å²) in [4.78, 5) is 16.3. The van der Waals surface area contributed by atoms with Gasteiger partial charge < -0.3 is 5.32 Å². The van der Waals surface area contributed by atoms with E-state index in [9.17, 15) is 10.1 Å². The minimum Gasteiger partial charge on any atom is -0.351 e. The molecule has 1 aromatic heterocycles. The number of nitrogens with zero attached hydrogens (tertiary/aromatic N) is 2. The maximum atomic E-state index is 12.0.